The van der Waals surface area contributed by atoms with Gasteiger partial charge in [0.15, 0.2) is 5.69 Å². The Kier molecular flexibility index (Phi) is 3.97. The van der Waals surface area contributed by atoms with Crippen LogP contribution >= 0.6 is 0 Å². The Balaban J connectivity index is 1.97. The summed E-state index contributed by atoms with van der Waals surface area (Å²) in [6.45, 7) is 4.18. The van der Waals surface area contributed by atoms with E-state index in [1.165, 1.54) is 8.99 Å². The van der Waals surface area contributed by atoms with Crippen molar-refractivity contribution in [3.63, 3.8) is 0 Å². The fourth-order valence-electron chi connectivity index (χ4n) is 2.95. The number of hydrogen-bond acceptors (Lipinski definition) is 4. The molecule has 24 heavy (non-hydrogen) atoms. The minimum absolute atomic E-state index is 0.00993. The lowest BCUT2D eigenvalue weighted by atomic mass is 10.1. The molecule has 1 N–H and O–H groups in total. The van der Waals surface area contributed by atoms with Gasteiger partial charge in [0, 0.05) is 19.2 Å². The molecular weight excluding hydrogens is 330 g/mol. The normalized spacial score (nSPS) is 15.3. The van der Waals surface area contributed by atoms with Crippen LogP contribution in [0.25, 0.3) is 0 Å². The molecular formula is C16H19N3O4S. The molecule has 7 nitrogen and oxygen atoms in total. The maximum absolute atomic E-state index is 12.9. The summed E-state index contributed by atoms with van der Waals surface area (Å²) in [5, 5.41) is 13.2. The second kappa shape index (κ2) is 5.71. The summed E-state index contributed by atoms with van der Waals surface area (Å²) in [6.07, 6.45) is 0.342. The van der Waals surface area contributed by atoms with Crippen molar-refractivity contribution in [3.05, 3.63) is 46.3 Å². The zero-order chi connectivity index (χ0) is 17.6. The van der Waals surface area contributed by atoms with Gasteiger partial charge in [-0.25, -0.2) is 13.2 Å². The van der Waals surface area contributed by atoms with Gasteiger partial charge in [-0.1, -0.05) is 6.07 Å². The smallest absolute Gasteiger partial charge is 0.356 e. The molecule has 0 unspecified atom stereocenters. The maximum Gasteiger partial charge on any atom is 0.356 e. The number of sulfonamides is 1. The molecule has 0 saturated carbocycles. The number of aromatic nitrogens is 2. The van der Waals surface area contributed by atoms with Crippen molar-refractivity contribution in [1.82, 2.24) is 14.1 Å². The summed E-state index contributed by atoms with van der Waals surface area (Å²) in [5.74, 6) is -1.09. The largest absolute Gasteiger partial charge is 0.476 e. The van der Waals surface area contributed by atoms with Gasteiger partial charge in [-0.05, 0) is 43.5 Å². The van der Waals surface area contributed by atoms with E-state index in [0.29, 0.717) is 17.7 Å². The summed E-state index contributed by atoms with van der Waals surface area (Å²) in [4.78, 5) is 11.5. The Morgan fingerprint density at radius 3 is 2.58 bits per heavy atom. The number of aromatic carboxylic acids is 1. The molecule has 0 fully saturated rings. The zero-order valence-electron chi connectivity index (χ0n) is 13.8. The van der Waals surface area contributed by atoms with Gasteiger partial charge in [0.05, 0.1) is 17.1 Å². The number of hydrogen-bond donors (Lipinski definition) is 1. The number of benzene rings is 1. The summed E-state index contributed by atoms with van der Waals surface area (Å²) in [7, 11) is -1.99. The molecule has 1 aliphatic rings. The van der Waals surface area contributed by atoms with Crippen LogP contribution in [0.5, 0.6) is 0 Å². The zero-order valence-corrected chi connectivity index (χ0v) is 14.6. The maximum atomic E-state index is 12.9. The highest BCUT2D eigenvalue weighted by atomic mass is 32.2. The summed E-state index contributed by atoms with van der Waals surface area (Å²) >= 11 is 0. The second-order valence-electron chi connectivity index (χ2n) is 6.04. The van der Waals surface area contributed by atoms with E-state index >= 15 is 0 Å². The van der Waals surface area contributed by atoms with Crippen molar-refractivity contribution in [2.45, 2.75) is 31.7 Å². The first-order chi connectivity index (χ1) is 11.2. The number of nitrogens with zero attached hydrogens (tertiary/aromatic N) is 3. The first-order valence-corrected chi connectivity index (χ1v) is 9.01. The summed E-state index contributed by atoms with van der Waals surface area (Å²) in [6, 6.07) is 5.08. The van der Waals surface area contributed by atoms with Gasteiger partial charge in [0.2, 0.25) is 10.0 Å². The lowest BCUT2D eigenvalue weighted by molar-refractivity contribution is 0.0688. The highest BCUT2D eigenvalue weighted by Crippen LogP contribution is 2.27. The molecule has 0 saturated heterocycles. The lowest BCUT2D eigenvalue weighted by Crippen LogP contribution is -2.36. The SMILES string of the molecule is Cc1ccc(S(=O)(=O)N2CCc3c(C(=O)O)nn(C)c3C2)cc1C. The van der Waals surface area contributed by atoms with Crippen LogP contribution in [0, 0.1) is 13.8 Å². The van der Waals surface area contributed by atoms with E-state index in [2.05, 4.69) is 5.10 Å². The quantitative estimate of drug-likeness (QED) is 0.906. The van der Waals surface area contributed by atoms with Gasteiger partial charge in [-0.15, -0.1) is 0 Å². The monoisotopic (exact) mass is 349 g/mol. The van der Waals surface area contributed by atoms with Gasteiger partial charge in [0.25, 0.3) is 0 Å². The van der Waals surface area contributed by atoms with Gasteiger partial charge in [0.1, 0.15) is 0 Å². The molecule has 3 rings (SSSR count). The molecule has 0 radical (unpaired) electrons. The number of carboxylic acid groups (broad SMARTS) is 1. The van der Waals surface area contributed by atoms with Crippen molar-refractivity contribution in [2.24, 2.45) is 7.05 Å². The second-order valence-corrected chi connectivity index (χ2v) is 7.98. The van der Waals surface area contributed by atoms with Crippen molar-refractivity contribution in [2.75, 3.05) is 6.54 Å². The lowest BCUT2D eigenvalue weighted by Gasteiger charge is -2.27. The molecule has 1 aliphatic heterocycles. The van der Waals surface area contributed by atoms with Crippen LogP contribution in [0.3, 0.4) is 0 Å². The molecule has 1 aromatic heterocycles. The highest BCUT2D eigenvalue weighted by molar-refractivity contribution is 7.89. The van der Waals surface area contributed by atoms with Crippen LogP contribution < -0.4 is 0 Å². The van der Waals surface area contributed by atoms with E-state index in [-0.39, 0.29) is 23.7 Å². The van der Waals surface area contributed by atoms with Crippen LogP contribution in [-0.2, 0) is 30.0 Å². The van der Waals surface area contributed by atoms with Gasteiger partial charge < -0.3 is 5.11 Å². The number of carbonyl (C=O) groups is 1. The van der Waals surface area contributed by atoms with Crippen molar-refractivity contribution in [3.8, 4) is 0 Å². The Labute approximate surface area is 140 Å². The summed E-state index contributed by atoms with van der Waals surface area (Å²) < 4.78 is 28.6. The molecule has 2 heterocycles. The van der Waals surface area contributed by atoms with E-state index in [1.54, 1.807) is 25.2 Å². The van der Waals surface area contributed by atoms with Crippen LogP contribution in [-0.4, -0.2) is 40.1 Å². The van der Waals surface area contributed by atoms with E-state index < -0.39 is 16.0 Å². The number of rotatable bonds is 3. The Hall–Kier alpha value is -2.19. The van der Waals surface area contributed by atoms with Gasteiger partial charge in [-0.3, -0.25) is 4.68 Å². The fourth-order valence-corrected chi connectivity index (χ4v) is 4.43. The van der Waals surface area contributed by atoms with Crippen molar-refractivity contribution in [1.29, 1.82) is 0 Å². The molecule has 2 aromatic rings. The Bertz CT molecular complexity index is 931. The number of fused-ring (bicyclic) bond motifs is 1. The minimum atomic E-state index is -3.63. The first kappa shape index (κ1) is 16.7. The standard InChI is InChI=1S/C16H19N3O4S/c1-10-4-5-12(8-11(10)2)24(22,23)19-7-6-13-14(9-19)18(3)17-15(13)16(20)21/h4-5,8H,6-7,9H2,1-3H3,(H,20,21). The summed E-state index contributed by atoms with van der Waals surface area (Å²) in [5.41, 5.74) is 3.22. The predicted molar refractivity (Wildman–Crippen MR) is 87.4 cm³/mol. The third-order valence-corrected chi connectivity index (χ3v) is 6.37. The Morgan fingerprint density at radius 1 is 1.25 bits per heavy atom. The number of aryl methyl sites for hydroxylation is 3. The van der Waals surface area contributed by atoms with Gasteiger partial charge in [-0.2, -0.15) is 9.40 Å². The fraction of sp³-hybridized carbons (Fsp3) is 0.375. The van der Waals surface area contributed by atoms with Crippen molar-refractivity contribution >= 4 is 16.0 Å². The molecule has 0 bridgehead atoms. The van der Waals surface area contributed by atoms with E-state index in [1.807, 2.05) is 13.8 Å². The topological polar surface area (TPSA) is 92.5 Å². The first-order valence-electron chi connectivity index (χ1n) is 7.57. The molecule has 0 aliphatic carbocycles. The minimum Gasteiger partial charge on any atom is -0.476 e. The molecule has 128 valence electrons. The Morgan fingerprint density at radius 2 is 1.96 bits per heavy atom. The van der Waals surface area contributed by atoms with Crippen LogP contribution in [0.2, 0.25) is 0 Å². The van der Waals surface area contributed by atoms with E-state index in [4.69, 9.17) is 0 Å². The van der Waals surface area contributed by atoms with Crippen LogP contribution in [0.15, 0.2) is 23.1 Å². The van der Waals surface area contributed by atoms with Crippen LogP contribution in [0.1, 0.15) is 32.9 Å². The average molecular weight is 349 g/mol. The third-order valence-electron chi connectivity index (χ3n) is 4.53. The van der Waals surface area contributed by atoms with Crippen LogP contribution in [0.4, 0.5) is 0 Å². The molecule has 0 amide bonds. The van der Waals surface area contributed by atoms with Gasteiger partial charge >= 0.3 is 5.97 Å². The van der Waals surface area contributed by atoms with Crippen molar-refractivity contribution < 1.29 is 18.3 Å². The average Bonchev–Trinajstić information content (AvgIpc) is 2.87. The third kappa shape index (κ3) is 2.61. The highest BCUT2D eigenvalue weighted by Gasteiger charge is 2.33. The van der Waals surface area contributed by atoms with E-state index in [9.17, 15) is 18.3 Å². The molecule has 0 atom stereocenters. The van der Waals surface area contributed by atoms with E-state index in [0.717, 1.165) is 11.1 Å². The molecule has 1 aromatic carbocycles. The molecule has 0 spiro atoms. The molecule has 8 heteroatoms. The predicted octanol–water partition coefficient (Wildman–Crippen LogP) is 1.48. The number of carboxylic acids is 1.